The first-order valence-electron chi connectivity index (χ1n) is 6.23. The fraction of sp³-hybridized carbons (Fsp3) is 0.846. The van der Waals surface area contributed by atoms with Crippen LogP contribution in [0.2, 0.25) is 0 Å². The van der Waals surface area contributed by atoms with Crippen molar-refractivity contribution < 1.29 is 0 Å². The highest BCUT2D eigenvalue weighted by Crippen LogP contribution is 2.11. The van der Waals surface area contributed by atoms with Crippen molar-refractivity contribution >= 4 is 0 Å². The van der Waals surface area contributed by atoms with Crippen LogP contribution in [0.25, 0.3) is 0 Å². The fourth-order valence-electron chi connectivity index (χ4n) is 2.17. The second-order valence-electron chi connectivity index (χ2n) is 4.55. The average molecular weight is 208 g/mol. The maximum absolute atomic E-state index is 5.21. The minimum atomic E-state index is 0.610. The summed E-state index contributed by atoms with van der Waals surface area (Å²) >= 11 is 0. The summed E-state index contributed by atoms with van der Waals surface area (Å²) in [5, 5.41) is 7.11. The van der Waals surface area contributed by atoms with Gasteiger partial charge < -0.3 is 10.6 Å². The molecule has 2 N–H and O–H groups in total. The van der Waals surface area contributed by atoms with E-state index in [-0.39, 0.29) is 0 Å². The van der Waals surface area contributed by atoms with Crippen molar-refractivity contribution in [2.24, 2.45) is 0 Å². The van der Waals surface area contributed by atoms with E-state index in [0.29, 0.717) is 6.04 Å². The Morgan fingerprint density at radius 3 is 3.07 bits per heavy atom. The highest BCUT2D eigenvalue weighted by Gasteiger charge is 2.14. The first-order chi connectivity index (χ1) is 7.33. The van der Waals surface area contributed by atoms with Crippen LogP contribution in [0.5, 0.6) is 0 Å². The summed E-state index contributed by atoms with van der Waals surface area (Å²) in [6.07, 6.45) is 12.5. The van der Waals surface area contributed by atoms with Crippen LogP contribution in [0.15, 0.2) is 0 Å². The molecule has 86 valence electrons. The molecule has 0 aromatic rings. The van der Waals surface area contributed by atoms with Crippen LogP contribution in [0.1, 0.15) is 45.4 Å². The molecule has 2 unspecified atom stereocenters. The molecule has 0 radical (unpaired) electrons. The lowest BCUT2D eigenvalue weighted by Crippen LogP contribution is -2.40. The molecular formula is C13H24N2. The monoisotopic (exact) mass is 208 g/mol. The molecule has 0 saturated carbocycles. The summed E-state index contributed by atoms with van der Waals surface area (Å²) in [5.41, 5.74) is 0. The lowest BCUT2D eigenvalue weighted by atomic mass is 9.99. The lowest BCUT2D eigenvalue weighted by Gasteiger charge is -2.26. The van der Waals surface area contributed by atoms with Crippen LogP contribution < -0.4 is 10.6 Å². The summed E-state index contributed by atoms with van der Waals surface area (Å²) in [5.74, 6) is 2.67. The zero-order valence-corrected chi connectivity index (χ0v) is 9.89. The smallest absolute Gasteiger partial charge is 0.00981 e. The van der Waals surface area contributed by atoms with Gasteiger partial charge in [0, 0.05) is 18.5 Å². The topological polar surface area (TPSA) is 24.1 Å². The number of nitrogens with one attached hydrogen (secondary N) is 2. The van der Waals surface area contributed by atoms with E-state index in [1.165, 1.54) is 32.2 Å². The molecule has 0 aromatic carbocycles. The third-order valence-corrected chi connectivity index (χ3v) is 3.04. The van der Waals surface area contributed by atoms with Crippen molar-refractivity contribution in [2.45, 2.75) is 57.5 Å². The minimum Gasteiger partial charge on any atom is -0.314 e. The van der Waals surface area contributed by atoms with Gasteiger partial charge in [-0.25, -0.2) is 0 Å². The van der Waals surface area contributed by atoms with Crippen molar-refractivity contribution in [3.05, 3.63) is 0 Å². The van der Waals surface area contributed by atoms with Crippen molar-refractivity contribution in [3.8, 4) is 12.3 Å². The van der Waals surface area contributed by atoms with Crippen molar-refractivity contribution in [3.63, 3.8) is 0 Å². The van der Waals surface area contributed by atoms with Crippen LogP contribution in [-0.2, 0) is 0 Å². The van der Waals surface area contributed by atoms with E-state index >= 15 is 0 Å². The van der Waals surface area contributed by atoms with E-state index in [1.807, 2.05) is 0 Å². The Morgan fingerprint density at radius 1 is 1.53 bits per heavy atom. The molecule has 0 aromatic heterocycles. The zero-order valence-electron chi connectivity index (χ0n) is 9.89. The van der Waals surface area contributed by atoms with E-state index in [0.717, 1.165) is 25.4 Å². The van der Waals surface area contributed by atoms with E-state index in [4.69, 9.17) is 6.42 Å². The molecule has 2 atom stereocenters. The number of unbranched alkanes of at least 4 members (excludes halogenated alkanes) is 1. The number of rotatable bonds is 6. The van der Waals surface area contributed by atoms with Gasteiger partial charge in [0.05, 0.1) is 0 Å². The van der Waals surface area contributed by atoms with Crippen LogP contribution in [0.4, 0.5) is 0 Å². The van der Waals surface area contributed by atoms with Crippen LogP contribution >= 0.6 is 0 Å². The van der Waals surface area contributed by atoms with Gasteiger partial charge in [0.1, 0.15) is 0 Å². The SMILES string of the molecule is C#CCCCNC(C)CC1CCCCN1. The Labute approximate surface area is 94.2 Å². The summed E-state index contributed by atoms with van der Waals surface area (Å²) < 4.78 is 0. The lowest BCUT2D eigenvalue weighted by molar-refractivity contribution is 0.345. The molecule has 1 aliphatic heterocycles. The maximum Gasteiger partial charge on any atom is 0.00981 e. The van der Waals surface area contributed by atoms with Gasteiger partial charge in [0.2, 0.25) is 0 Å². The summed E-state index contributed by atoms with van der Waals surface area (Å²) in [4.78, 5) is 0. The predicted molar refractivity (Wildman–Crippen MR) is 65.8 cm³/mol. The first-order valence-corrected chi connectivity index (χ1v) is 6.23. The van der Waals surface area contributed by atoms with E-state index in [1.54, 1.807) is 0 Å². The van der Waals surface area contributed by atoms with Gasteiger partial charge >= 0.3 is 0 Å². The number of piperidine rings is 1. The Morgan fingerprint density at radius 2 is 2.40 bits per heavy atom. The second-order valence-corrected chi connectivity index (χ2v) is 4.55. The average Bonchev–Trinajstić information content (AvgIpc) is 2.26. The van der Waals surface area contributed by atoms with Gasteiger partial charge in [-0.2, -0.15) is 0 Å². The van der Waals surface area contributed by atoms with Gasteiger partial charge in [-0.3, -0.25) is 0 Å². The first kappa shape index (κ1) is 12.5. The summed E-state index contributed by atoms with van der Waals surface area (Å²) in [7, 11) is 0. The standard InChI is InChI=1S/C13H24N2/c1-3-4-6-9-14-12(2)11-13-8-5-7-10-15-13/h1,12-15H,4-11H2,2H3. The molecular weight excluding hydrogens is 184 g/mol. The summed E-state index contributed by atoms with van der Waals surface area (Å²) in [6.45, 7) is 4.53. The minimum absolute atomic E-state index is 0.610. The predicted octanol–water partition coefficient (Wildman–Crippen LogP) is 1.91. The van der Waals surface area contributed by atoms with Crippen LogP contribution in [-0.4, -0.2) is 25.2 Å². The van der Waals surface area contributed by atoms with E-state index in [9.17, 15) is 0 Å². The van der Waals surface area contributed by atoms with E-state index in [2.05, 4.69) is 23.5 Å². The molecule has 1 saturated heterocycles. The molecule has 0 amide bonds. The van der Waals surface area contributed by atoms with Gasteiger partial charge in [-0.15, -0.1) is 12.3 Å². The fourth-order valence-corrected chi connectivity index (χ4v) is 2.17. The molecule has 0 aliphatic carbocycles. The molecule has 1 fully saturated rings. The largest absolute Gasteiger partial charge is 0.314 e. The third-order valence-electron chi connectivity index (χ3n) is 3.04. The van der Waals surface area contributed by atoms with Crippen molar-refractivity contribution in [2.75, 3.05) is 13.1 Å². The molecule has 15 heavy (non-hydrogen) atoms. The van der Waals surface area contributed by atoms with Gasteiger partial charge in [0.15, 0.2) is 0 Å². The van der Waals surface area contributed by atoms with Crippen molar-refractivity contribution in [1.82, 2.24) is 10.6 Å². The normalized spacial score (nSPS) is 23.3. The number of terminal acetylenes is 1. The van der Waals surface area contributed by atoms with E-state index < -0.39 is 0 Å². The number of hydrogen-bond acceptors (Lipinski definition) is 2. The second kappa shape index (κ2) is 7.73. The molecule has 1 rings (SSSR count). The van der Waals surface area contributed by atoms with Gasteiger partial charge in [-0.05, 0) is 45.7 Å². The third kappa shape index (κ3) is 5.81. The summed E-state index contributed by atoms with van der Waals surface area (Å²) in [6, 6.07) is 1.34. The Balaban J connectivity index is 2.01. The highest BCUT2D eigenvalue weighted by molar-refractivity contribution is 4.83. The highest BCUT2D eigenvalue weighted by atomic mass is 14.9. The molecule has 1 heterocycles. The van der Waals surface area contributed by atoms with Gasteiger partial charge in [0.25, 0.3) is 0 Å². The molecule has 2 heteroatoms. The zero-order chi connectivity index (χ0) is 10.9. The Hall–Kier alpha value is -0.520. The maximum atomic E-state index is 5.21. The molecule has 0 bridgehead atoms. The molecule has 2 nitrogen and oxygen atoms in total. The Kier molecular flexibility index (Phi) is 6.47. The van der Waals surface area contributed by atoms with Crippen LogP contribution in [0, 0.1) is 12.3 Å². The van der Waals surface area contributed by atoms with Gasteiger partial charge in [-0.1, -0.05) is 6.42 Å². The molecule has 1 aliphatic rings. The quantitative estimate of drug-likeness (QED) is 0.515. The molecule has 0 spiro atoms. The van der Waals surface area contributed by atoms with Crippen molar-refractivity contribution in [1.29, 1.82) is 0 Å². The number of hydrogen-bond donors (Lipinski definition) is 2. The Bertz CT molecular complexity index is 189. The van der Waals surface area contributed by atoms with Crippen LogP contribution in [0.3, 0.4) is 0 Å².